The fourth-order valence-corrected chi connectivity index (χ4v) is 1.31. The molecule has 0 aliphatic heterocycles. The van der Waals surface area contributed by atoms with Crippen LogP contribution in [0.3, 0.4) is 0 Å². The zero-order valence-corrected chi connectivity index (χ0v) is 10.1. The molecule has 0 unspecified atom stereocenters. The number of alkyl halides is 1. The smallest absolute Gasteiger partial charge is 0.231 e. The summed E-state index contributed by atoms with van der Waals surface area (Å²) < 4.78 is 0. The Bertz CT molecular complexity index is 440. The van der Waals surface area contributed by atoms with Crippen molar-refractivity contribution in [2.75, 3.05) is 11.2 Å². The van der Waals surface area contributed by atoms with Crippen molar-refractivity contribution in [3.05, 3.63) is 29.8 Å². The summed E-state index contributed by atoms with van der Waals surface area (Å²) in [6, 6.07) is 6.45. The van der Waals surface area contributed by atoms with Gasteiger partial charge in [0.1, 0.15) is 0 Å². The topological polar surface area (TPSA) is 63.2 Å². The van der Waals surface area contributed by atoms with Crippen molar-refractivity contribution in [2.24, 2.45) is 0 Å². The number of rotatable bonds is 5. The molecule has 0 atom stereocenters. The molecule has 1 aromatic rings. The maximum atomic E-state index is 11.3. The third kappa shape index (κ3) is 4.36. The Labute approximate surface area is 104 Å². The second-order valence-corrected chi connectivity index (χ2v) is 3.80. The van der Waals surface area contributed by atoms with Crippen LogP contribution < -0.4 is 5.32 Å². The van der Waals surface area contributed by atoms with Crippen molar-refractivity contribution in [1.29, 1.82) is 0 Å². The number of hydrogen-bond donors (Lipinski definition) is 1. The molecular formula is C12H12ClNO3. The van der Waals surface area contributed by atoms with Crippen LogP contribution in [-0.2, 0) is 9.59 Å². The van der Waals surface area contributed by atoms with Gasteiger partial charge in [0.05, 0.1) is 12.3 Å². The van der Waals surface area contributed by atoms with Gasteiger partial charge in [0.2, 0.25) is 5.91 Å². The molecule has 0 aliphatic carbocycles. The van der Waals surface area contributed by atoms with Crippen LogP contribution >= 0.6 is 11.6 Å². The van der Waals surface area contributed by atoms with Gasteiger partial charge in [0, 0.05) is 11.3 Å². The van der Waals surface area contributed by atoms with E-state index in [4.69, 9.17) is 11.6 Å². The van der Waals surface area contributed by atoms with Crippen LogP contribution in [0, 0.1) is 0 Å². The summed E-state index contributed by atoms with van der Waals surface area (Å²) in [5.74, 6) is -0.951. The lowest BCUT2D eigenvalue weighted by Gasteiger charge is -2.04. The molecule has 0 aromatic heterocycles. The number of nitrogens with one attached hydrogen (secondary N) is 1. The molecule has 0 saturated carbocycles. The van der Waals surface area contributed by atoms with Crippen molar-refractivity contribution in [1.82, 2.24) is 0 Å². The highest BCUT2D eigenvalue weighted by atomic mass is 35.5. The van der Waals surface area contributed by atoms with E-state index in [1.54, 1.807) is 24.3 Å². The van der Waals surface area contributed by atoms with E-state index in [0.717, 1.165) is 0 Å². The van der Waals surface area contributed by atoms with E-state index in [1.165, 1.54) is 6.92 Å². The SMILES string of the molecule is CC(=O)c1ccc(NC(=O)CC(=O)CCl)cc1. The second-order valence-electron chi connectivity index (χ2n) is 3.53. The van der Waals surface area contributed by atoms with E-state index in [0.29, 0.717) is 11.3 Å². The number of Topliss-reactive ketones (excluding diaryl/α,β-unsaturated/α-hetero) is 2. The van der Waals surface area contributed by atoms with Gasteiger partial charge in [-0.2, -0.15) is 0 Å². The molecule has 1 amide bonds. The van der Waals surface area contributed by atoms with E-state index in [-0.39, 0.29) is 23.9 Å². The van der Waals surface area contributed by atoms with Gasteiger partial charge >= 0.3 is 0 Å². The maximum absolute atomic E-state index is 11.3. The predicted octanol–water partition coefficient (Wildman–Crippen LogP) is 2.03. The summed E-state index contributed by atoms with van der Waals surface area (Å²) in [6.45, 7) is 1.47. The molecule has 0 saturated heterocycles. The van der Waals surface area contributed by atoms with Crippen LogP contribution in [0.4, 0.5) is 5.69 Å². The van der Waals surface area contributed by atoms with Crippen molar-refractivity contribution in [2.45, 2.75) is 13.3 Å². The minimum absolute atomic E-state index is 0.0415. The van der Waals surface area contributed by atoms with Crippen molar-refractivity contribution in [3.63, 3.8) is 0 Å². The Kier molecular flexibility index (Phi) is 4.84. The zero-order valence-electron chi connectivity index (χ0n) is 9.33. The largest absolute Gasteiger partial charge is 0.326 e. The molecule has 17 heavy (non-hydrogen) atoms. The Morgan fingerprint density at radius 3 is 2.24 bits per heavy atom. The summed E-state index contributed by atoms with van der Waals surface area (Å²) in [6.07, 6.45) is -0.238. The van der Waals surface area contributed by atoms with E-state index in [9.17, 15) is 14.4 Å². The van der Waals surface area contributed by atoms with Crippen molar-refractivity contribution >= 4 is 34.8 Å². The van der Waals surface area contributed by atoms with E-state index < -0.39 is 5.91 Å². The first kappa shape index (κ1) is 13.4. The minimum atomic E-state index is -0.411. The first-order valence-corrected chi connectivity index (χ1v) is 5.55. The standard InChI is InChI=1S/C12H12ClNO3/c1-8(15)9-2-4-10(5-3-9)14-12(17)6-11(16)7-13/h2-5H,6-7H2,1H3,(H,14,17). The third-order valence-corrected chi connectivity index (χ3v) is 2.38. The van der Waals surface area contributed by atoms with Crippen molar-refractivity contribution < 1.29 is 14.4 Å². The highest BCUT2D eigenvalue weighted by Gasteiger charge is 2.08. The number of carbonyl (C=O) groups excluding carboxylic acids is 3. The van der Waals surface area contributed by atoms with Gasteiger partial charge in [-0.3, -0.25) is 14.4 Å². The van der Waals surface area contributed by atoms with Crippen molar-refractivity contribution in [3.8, 4) is 0 Å². The monoisotopic (exact) mass is 253 g/mol. The number of ketones is 2. The van der Waals surface area contributed by atoms with Crippen LogP contribution in [0.5, 0.6) is 0 Å². The highest BCUT2D eigenvalue weighted by molar-refractivity contribution is 6.29. The van der Waals surface area contributed by atoms with Gasteiger partial charge in [-0.15, -0.1) is 11.6 Å². The number of carbonyl (C=O) groups is 3. The lowest BCUT2D eigenvalue weighted by Crippen LogP contribution is -2.17. The lowest BCUT2D eigenvalue weighted by molar-refractivity contribution is -0.124. The van der Waals surface area contributed by atoms with Crippen LogP contribution in [0.2, 0.25) is 0 Å². The fraction of sp³-hybridized carbons (Fsp3) is 0.250. The van der Waals surface area contributed by atoms with Crippen LogP contribution in [-0.4, -0.2) is 23.4 Å². The second kappa shape index (κ2) is 6.15. The normalized spacial score (nSPS) is 9.76. The summed E-state index contributed by atoms with van der Waals surface area (Å²) in [7, 11) is 0. The molecule has 4 nitrogen and oxygen atoms in total. The first-order valence-electron chi connectivity index (χ1n) is 5.01. The van der Waals surface area contributed by atoms with Crippen LogP contribution in [0.25, 0.3) is 0 Å². The predicted molar refractivity (Wildman–Crippen MR) is 65.4 cm³/mol. The Morgan fingerprint density at radius 1 is 1.18 bits per heavy atom. The highest BCUT2D eigenvalue weighted by Crippen LogP contribution is 2.10. The van der Waals surface area contributed by atoms with E-state index >= 15 is 0 Å². The zero-order chi connectivity index (χ0) is 12.8. The van der Waals surface area contributed by atoms with Crippen LogP contribution in [0.1, 0.15) is 23.7 Å². The molecule has 90 valence electrons. The third-order valence-electron chi connectivity index (χ3n) is 2.08. The average molecular weight is 254 g/mol. The molecule has 1 rings (SSSR count). The molecule has 0 fully saturated rings. The van der Waals surface area contributed by atoms with Crippen LogP contribution in [0.15, 0.2) is 24.3 Å². The number of hydrogen-bond acceptors (Lipinski definition) is 3. The summed E-state index contributed by atoms with van der Waals surface area (Å²) in [5, 5.41) is 2.54. The first-order chi connectivity index (χ1) is 8.02. The quantitative estimate of drug-likeness (QED) is 0.496. The summed E-state index contributed by atoms with van der Waals surface area (Å²) in [4.78, 5) is 33.3. The maximum Gasteiger partial charge on any atom is 0.231 e. The Morgan fingerprint density at radius 2 is 1.76 bits per heavy atom. The Balaban J connectivity index is 2.60. The average Bonchev–Trinajstić information content (AvgIpc) is 2.29. The molecule has 0 radical (unpaired) electrons. The number of halogens is 1. The van der Waals surface area contributed by atoms with Gasteiger partial charge < -0.3 is 5.32 Å². The van der Waals surface area contributed by atoms with Gasteiger partial charge in [0.15, 0.2) is 11.6 Å². The lowest BCUT2D eigenvalue weighted by atomic mass is 10.1. The van der Waals surface area contributed by atoms with E-state index in [1.807, 2.05) is 0 Å². The van der Waals surface area contributed by atoms with Gasteiger partial charge in [-0.1, -0.05) is 0 Å². The summed E-state index contributed by atoms with van der Waals surface area (Å²) in [5.41, 5.74) is 1.11. The summed E-state index contributed by atoms with van der Waals surface area (Å²) >= 11 is 5.29. The fourth-order valence-electron chi connectivity index (χ4n) is 1.22. The number of benzene rings is 1. The van der Waals surface area contributed by atoms with Gasteiger partial charge in [-0.05, 0) is 31.2 Å². The molecule has 5 heteroatoms. The molecule has 1 aromatic carbocycles. The minimum Gasteiger partial charge on any atom is -0.326 e. The van der Waals surface area contributed by atoms with E-state index in [2.05, 4.69) is 5.32 Å². The molecule has 0 spiro atoms. The number of amides is 1. The molecule has 0 aliphatic rings. The number of anilines is 1. The molecule has 0 bridgehead atoms. The van der Waals surface area contributed by atoms with Gasteiger partial charge in [0.25, 0.3) is 0 Å². The van der Waals surface area contributed by atoms with Gasteiger partial charge in [-0.25, -0.2) is 0 Å². The molecule has 1 N–H and O–H groups in total. The Hall–Kier alpha value is -1.68. The molecular weight excluding hydrogens is 242 g/mol. The molecule has 0 heterocycles.